The van der Waals surface area contributed by atoms with Crippen molar-refractivity contribution in [1.82, 2.24) is 15.1 Å². The van der Waals surface area contributed by atoms with Crippen LogP contribution in [0, 0.1) is 11.8 Å². The number of carbonyl (C=O) groups excluding carboxylic acids is 1. The number of aliphatic hydroxyl groups is 1. The van der Waals surface area contributed by atoms with Crippen molar-refractivity contribution in [2.24, 2.45) is 11.8 Å². The molecule has 1 heterocycles. The zero-order chi connectivity index (χ0) is 20.2. The van der Waals surface area contributed by atoms with Crippen molar-refractivity contribution in [2.45, 2.75) is 109 Å². The average molecular weight is 388 g/mol. The van der Waals surface area contributed by atoms with Gasteiger partial charge in [0.1, 0.15) is 5.69 Å². The van der Waals surface area contributed by atoms with Crippen LogP contribution >= 0.6 is 0 Å². The average Bonchev–Trinajstić information content (AvgIpc) is 2.97. The van der Waals surface area contributed by atoms with E-state index in [2.05, 4.69) is 33.0 Å². The van der Waals surface area contributed by atoms with Crippen LogP contribution in [0.1, 0.15) is 102 Å². The molecule has 156 valence electrons. The van der Waals surface area contributed by atoms with E-state index in [1.54, 1.807) is 0 Å². The molecule has 1 aromatic rings. The molecule has 0 spiro atoms. The molecule has 5 heteroatoms. The van der Waals surface area contributed by atoms with E-state index in [0.717, 1.165) is 44.3 Å². The summed E-state index contributed by atoms with van der Waals surface area (Å²) in [5.74, 6) is 1.05. The normalized spacial score (nSPS) is 34.0. The smallest absolute Gasteiger partial charge is 0.272 e. The highest BCUT2D eigenvalue weighted by Gasteiger charge is 2.57. The number of rotatable bonds is 6. The molecule has 2 atom stereocenters. The number of aromatic nitrogens is 2. The van der Waals surface area contributed by atoms with Gasteiger partial charge in [-0.3, -0.25) is 9.48 Å². The first-order chi connectivity index (χ1) is 13.1. The Bertz CT molecular complexity index is 732. The zero-order valence-corrected chi connectivity index (χ0v) is 18.1. The lowest BCUT2D eigenvalue weighted by Crippen LogP contribution is -2.65. The molecule has 1 amide bonds. The number of amides is 1. The number of carbonyl (C=O) groups is 1. The minimum Gasteiger partial charge on any atom is -0.390 e. The third kappa shape index (κ3) is 3.74. The van der Waals surface area contributed by atoms with E-state index >= 15 is 0 Å². The Morgan fingerprint density at radius 3 is 2.50 bits per heavy atom. The maximum Gasteiger partial charge on any atom is 0.272 e. The molecule has 4 saturated carbocycles. The summed E-state index contributed by atoms with van der Waals surface area (Å²) in [6.07, 6.45) is 9.23. The van der Waals surface area contributed by atoms with E-state index in [4.69, 9.17) is 5.10 Å². The molecule has 0 radical (unpaired) electrons. The molecule has 2 unspecified atom stereocenters. The van der Waals surface area contributed by atoms with E-state index in [-0.39, 0.29) is 16.9 Å². The van der Waals surface area contributed by atoms with Gasteiger partial charge in [-0.05, 0) is 62.8 Å². The van der Waals surface area contributed by atoms with Crippen LogP contribution in [-0.2, 0) is 12.0 Å². The van der Waals surface area contributed by atoms with Gasteiger partial charge < -0.3 is 10.4 Å². The molecular formula is C23H37N3O2. The van der Waals surface area contributed by atoms with Gasteiger partial charge in [0.2, 0.25) is 0 Å². The van der Waals surface area contributed by atoms with Crippen LogP contribution in [0.4, 0.5) is 0 Å². The molecular weight excluding hydrogens is 350 g/mol. The fourth-order valence-corrected chi connectivity index (χ4v) is 6.48. The van der Waals surface area contributed by atoms with Crippen molar-refractivity contribution >= 4 is 5.91 Å². The third-order valence-electron chi connectivity index (χ3n) is 7.16. The lowest BCUT2D eigenvalue weighted by molar-refractivity contribution is -0.139. The van der Waals surface area contributed by atoms with E-state index in [9.17, 15) is 9.90 Å². The molecule has 5 rings (SSSR count). The molecule has 4 aliphatic carbocycles. The highest BCUT2D eigenvalue weighted by atomic mass is 16.3. The van der Waals surface area contributed by atoms with Crippen molar-refractivity contribution < 1.29 is 9.90 Å². The van der Waals surface area contributed by atoms with E-state index < -0.39 is 5.60 Å². The molecule has 28 heavy (non-hydrogen) atoms. The second-order valence-corrected chi connectivity index (χ2v) is 11.0. The summed E-state index contributed by atoms with van der Waals surface area (Å²) >= 11 is 0. The molecule has 4 aliphatic rings. The zero-order valence-electron chi connectivity index (χ0n) is 18.1. The van der Waals surface area contributed by atoms with Gasteiger partial charge in [0.25, 0.3) is 5.91 Å². The predicted octanol–water partition coefficient (Wildman–Crippen LogP) is 4.18. The summed E-state index contributed by atoms with van der Waals surface area (Å²) in [6.45, 7) is 9.60. The number of hydrogen-bond acceptors (Lipinski definition) is 3. The highest BCUT2D eigenvalue weighted by Crippen LogP contribution is 2.57. The Balaban J connectivity index is 1.53. The number of aryl methyl sites for hydroxylation is 1. The van der Waals surface area contributed by atoms with Gasteiger partial charge in [-0.15, -0.1) is 0 Å². The van der Waals surface area contributed by atoms with Crippen molar-refractivity contribution in [1.29, 1.82) is 0 Å². The summed E-state index contributed by atoms with van der Waals surface area (Å²) in [6, 6.07) is 1.98. The van der Waals surface area contributed by atoms with Crippen molar-refractivity contribution in [2.75, 3.05) is 0 Å². The molecule has 0 aliphatic heterocycles. The van der Waals surface area contributed by atoms with Crippen molar-refractivity contribution in [3.63, 3.8) is 0 Å². The van der Waals surface area contributed by atoms with E-state index in [1.807, 2.05) is 10.7 Å². The summed E-state index contributed by atoms with van der Waals surface area (Å²) < 4.78 is 2.04. The van der Waals surface area contributed by atoms with Crippen molar-refractivity contribution in [3.05, 3.63) is 17.5 Å². The van der Waals surface area contributed by atoms with Crippen LogP contribution in [0.25, 0.3) is 0 Å². The molecule has 1 aromatic heterocycles. The second-order valence-electron chi connectivity index (χ2n) is 11.0. The largest absolute Gasteiger partial charge is 0.390 e. The summed E-state index contributed by atoms with van der Waals surface area (Å²) in [4.78, 5) is 13.2. The van der Waals surface area contributed by atoms with Crippen LogP contribution in [0.5, 0.6) is 0 Å². The molecule has 4 bridgehead atoms. The van der Waals surface area contributed by atoms with Crippen molar-refractivity contribution in [3.8, 4) is 0 Å². The lowest BCUT2D eigenvalue weighted by Gasteiger charge is -2.60. The first-order valence-electron chi connectivity index (χ1n) is 11.2. The Morgan fingerprint density at radius 1 is 1.25 bits per heavy atom. The van der Waals surface area contributed by atoms with Gasteiger partial charge in [0, 0.05) is 23.2 Å². The highest BCUT2D eigenvalue weighted by molar-refractivity contribution is 5.93. The van der Waals surface area contributed by atoms with Gasteiger partial charge in [-0.1, -0.05) is 40.5 Å². The SMILES string of the molecule is CCCCCn1nc(C(=O)NC23CC4CC(CC(O)(C4)C2)C3)cc1C(C)(C)C. The molecule has 0 saturated heterocycles. The van der Waals surface area contributed by atoms with Gasteiger partial charge >= 0.3 is 0 Å². The maximum atomic E-state index is 13.2. The fraction of sp³-hybridized carbons (Fsp3) is 0.826. The fourth-order valence-electron chi connectivity index (χ4n) is 6.48. The van der Waals surface area contributed by atoms with Gasteiger partial charge in [-0.2, -0.15) is 5.10 Å². The minimum atomic E-state index is -0.562. The van der Waals surface area contributed by atoms with Crippen LogP contribution in [-0.4, -0.2) is 31.9 Å². The topological polar surface area (TPSA) is 67.2 Å². The van der Waals surface area contributed by atoms with Gasteiger partial charge in [0.05, 0.1) is 5.60 Å². The molecule has 0 aromatic carbocycles. The molecule has 4 fully saturated rings. The molecule has 2 N–H and O–H groups in total. The quantitative estimate of drug-likeness (QED) is 0.720. The number of unbranched alkanes of at least 4 members (excludes halogenated alkanes) is 2. The summed E-state index contributed by atoms with van der Waals surface area (Å²) in [7, 11) is 0. The minimum absolute atomic E-state index is 0.0480. The second kappa shape index (κ2) is 6.86. The standard InChI is InChI=1S/C23H37N3O2/c1-5-6-7-8-26-19(21(2,3)4)10-18(25-26)20(27)24-22-11-16-9-17(12-22)14-23(28,13-16)15-22/h10,16-17,28H,5-9,11-15H2,1-4H3,(H,24,27). The van der Waals surface area contributed by atoms with Crippen LogP contribution < -0.4 is 5.32 Å². The Morgan fingerprint density at radius 2 is 1.93 bits per heavy atom. The first-order valence-corrected chi connectivity index (χ1v) is 11.2. The van der Waals surface area contributed by atoms with Gasteiger partial charge in [-0.25, -0.2) is 0 Å². The molecule has 5 nitrogen and oxygen atoms in total. The van der Waals surface area contributed by atoms with Gasteiger partial charge in [0.15, 0.2) is 0 Å². The van der Waals surface area contributed by atoms with Crippen LogP contribution in [0.2, 0.25) is 0 Å². The van der Waals surface area contributed by atoms with E-state index in [0.29, 0.717) is 24.0 Å². The predicted molar refractivity (Wildman–Crippen MR) is 110 cm³/mol. The first kappa shape index (κ1) is 19.9. The van der Waals surface area contributed by atoms with Crippen LogP contribution in [0.15, 0.2) is 6.07 Å². The Hall–Kier alpha value is -1.36. The number of nitrogens with one attached hydrogen (secondary N) is 1. The number of nitrogens with zero attached hydrogens (tertiary/aromatic N) is 2. The number of hydrogen-bond donors (Lipinski definition) is 2. The summed E-state index contributed by atoms with van der Waals surface area (Å²) in [5.41, 5.74) is 0.812. The lowest BCUT2D eigenvalue weighted by atomic mass is 9.51. The van der Waals surface area contributed by atoms with Crippen LogP contribution in [0.3, 0.4) is 0 Å². The third-order valence-corrected chi connectivity index (χ3v) is 7.16. The summed E-state index contributed by atoms with van der Waals surface area (Å²) in [5, 5.41) is 19.0. The maximum absolute atomic E-state index is 13.2. The Kier molecular flexibility index (Phi) is 4.88. The van der Waals surface area contributed by atoms with E-state index in [1.165, 1.54) is 19.3 Å². The monoisotopic (exact) mass is 387 g/mol. The Labute approximate surface area is 169 Å².